The second-order valence-corrected chi connectivity index (χ2v) is 8.03. The number of piperidine rings is 1. The Kier molecular flexibility index (Phi) is 5.50. The zero-order valence-electron chi connectivity index (χ0n) is 16.8. The van der Waals surface area contributed by atoms with Crippen molar-refractivity contribution in [2.45, 2.75) is 64.8 Å². The normalized spacial score (nSPS) is 20.7. The Morgan fingerprint density at radius 3 is 2.81 bits per heavy atom. The van der Waals surface area contributed by atoms with Crippen molar-refractivity contribution in [2.75, 3.05) is 13.2 Å². The summed E-state index contributed by atoms with van der Waals surface area (Å²) in [6.45, 7) is 7.72. The van der Waals surface area contributed by atoms with Gasteiger partial charge >= 0.3 is 0 Å². The number of benzene rings is 1. The zero-order chi connectivity index (χ0) is 18.8. The van der Waals surface area contributed by atoms with Gasteiger partial charge in [-0.25, -0.2) is 0 Å². The molecule has 1 atom stereocenters. The van der Waals surface area contributed by atoms with Gasteiger partial charge in [0.2, 0.25) is 0 Å². The lowest BCUT2D eigenvalue weighted by Gasteiger charge is -2.35. The summed E-state index contributed by atoms with van der Waals surface area (Å²) in [6, 6.07) is 8.96. The molecule has 0 spiro atoms. The third-order valence-corrected chi connectivity index (χ3v) is 5.65. The molecule has 5 nitrogen and oxygen atoms in total. The maximum absolute atomic E-state index is 5.77. The number of aromatic nitrogens is 2. The van der Waals surface area contributed by atoms with Crippen molar-refractivity contribution in [3.63, 3.8) is 0 Å². The van der Waals surface area contributed by atoms with Gasteiger partial charge in [-0.2, -0.15) is 5.10 Å². The molecular formula is C22H31N3O2. The van der Waals surface area contributed by atoms with Crippen LogP contribution in [-0.2, 0) is 31.4 Å². The molecule has 1 aromatic heterocycles. The van der Waals surface area contributed by atoms with Gasteiger partial charge in [0.05, 0.1) is 31.1 Å². The molecule has 4 rings (SSSR count). The molecule has 0 bridgehead atoms. The highest BCUT2D eigenvalue weighted by Gasteiger charge is 2.31. The van der Waals surface area contributed by atoms with Gasteiger partial charge in [0, 0.05) is 31.3 Å². The molecule has 0 aliphatic carbocycles. The van der Waals surface area contributed by atoms with Crippen LogP contribution in [0.4, 0.5) is 0 Å². The number of hydrogen-bond donors (Lipinski definition) is 0. The summed E-state index contributed by atoms with van der Waals surface area (Å²) in [5.41, 5.74) is 5.27. The molecule has 2 aliphatic rings. The van der Waals surface area contributed by atoms with E-state index in [1.54, 1.807) is 0 Å². The summed E-state index contributed by atoms with van der Waals surface area (Å²) in [5, 5.41) is 4.93. The van der Waals surface area contributed by atoms with E-state index in [0.717, 1.165) is 31.9 Å². The van der Waals surface area contributed by atoms with Gasteiger partial charge in [-0.05, 0) is 50.9 Å². The Hall–Kier alpha value is -1.85. The minimum Gasteiger partial charge on any atom is -0.491 e. The van der Waals surface area contributed by atoms with E-state index < -0.39 is 0 Å². The van der Waals surface area contributed by atoms with Crippen molar-refractivity contribution in [3.05, 3.63) is 46.8 Å². The summed E-state index contributed by atoms with van der Waals surface area (Å²) in [7, 11) is 2.08. The van der Waals surface area contributed by atoms with E-state index in [1.165, 1.54) is 41.8 Å². The van der Waals surface area contributed by atoms with Crippen LogP contribution >= 0.6 is 0 Å². The highest BCUT2D eigenvalue weighted by Crippen LogP contribution is 2.35. The molecule has 5 heteroatoms. The minimum absolute atomic E-state index is 0.208. The molecular weight excluding hydrogens is 338 g/mol. The fourth-order valence-corrected chi connectivity index (χ4v) is 4.38. The first-order chi connectivity index (χ1) is 13.1. The maximum Gasteiger partial charge on any atom is 0.119 e. The standard InChI is InChI=1S/C22H31N3O2/c1-16(2)27-18-9-7-17(8-10-18)14-25-12-5-4-6-21(25)22-19-15-26-13-11-20(19)24(3)23-22/h7-10,16,21H,4-6,11-15H2,1-3H3. The quantitative estimate of drug-likeness (QED) is 0.798. The average Bonchev–Trinajstić information content (AvgIpc) is 3.00. The first-order valence-electron chi connectivity index (χ1n) is 10.2. The Bertz CT molecular complexity index is 767. The predicted octanol–water partition coefficient (Wildman–Crippen LogP) is 4.01. The van der Waals surface area contributed by atoms with Crippen LogP contribution in [0, 0.1) is 0 Å². The molecule has 146 valence electrons. The number of rotatable bonds is 5. The third-order valence-electron chi connectivity index (χ3n) is 5.65. The Morgan fingerprint density at radius 1 is 1.22 bits per heavy atom. The fraction of sp³-hybridized carbons (Fsp3) is 0.591. The maximum atomic E-state index is 5.77. The van der Waals surface area contributed by atoms with Crippen LogP contribution in [0.3, 0.4) is 0 Å². The van der Waals surface area contributed by atoms with Crippen LogP contribution in [0.2, 0.25) is 0 Å². The van der Waals surface area contributed by atoms with Crippen molar-refractivity contribution < 1.29 is 9.47 Å². The average molecular weight is 370 g/mol. The molecule has 0 amide bonds. The number of hydrogen-bond acceptors (Lipinski definition) is 4. The van der Waals surface area contributed by atoms with Gasteiger partial charge in [-0.15, -0.1) is 0 Å². The number of likely N-dealkylation sites (tertiary alicyclic amines) is 1. The SMILES string of the molecule is CC(C)Oc1ccc(CN2CCCCC2c2nn(C)c3c2COCC3)cc1. The van der Waals surface area contributed by atoms with E-state index in [9.17, 15) is 0 Å². The summed E-state index contributed by atoms with van der Waals surface area (Å²) in [6.07, 6.45) is 4.89. The van der Waals surface area contributed by atoms with Crippen molar-refractivity contribution in [1.29, 1.82) is 0 Å². The van der Waals surface area contributed by atoms with Crippen LogP contribution in [0.25, 0.3) is 0 Å². The van der Waals surface area contributed by atoms with Gasteiger partial charge < -0.3 is 9.47 Å². The van der Waals surface area contributed by atoms with Crippen molar-refractivity contribution in [1.82, 2.24) is 14.7 Å². The lowest BCUT2D eigenvalue weighted by molar-refractivity contribution is 0.102. The van der Waals surface area contributed by atoms with Crippen molar-refractivity contribution in [2.24, 2.45) is 7.05 Å². The summed E-state index contributed by atoms with van der Waals surface area (Å²) < 4.78 is 13.6. The summed E-state index contributed by atoms with van der Waals surface area (Å²) >= 11 is 0. The van der Waals surface area contributed by atoms with Crippen LogP contribution in [0.15, 0.2) is 24.3 Å². The first-order valence-corrected chi connectivity index (χ1v) is 10.2. The van der Waals surface area contributed by atoms with Gasteiger partial charge in [-0.3, -0.25) is 9.58 Å². The minimum atomic E-state index is 0.208. The Morgan fingerprint density at radius 2 is 2.04 bits per heavy atom. The van der Waals surface area contributed by atoms with Crippen molar-refractivity contribution >= 4 is 0 Å². The van der Waals surface area contributed by atoms with Crippen LogP contribution < -0.4 is 4.74 Å². The number of nitrogens with zero attached hydrogens (tertiary/aromatic N) is 3. The predicted molar refractivity (Wildman–Crippen MR) is 106 cm³/mol. The number of ether oxygens (including phenoxy) is 2. The smallest absolute Gasteiger partial charge is 0.119 e. The molecule has 1 fully saturated rings. The molecule has 3 heterocycles. The number of aryl methyl sites for hydroxylation is 1. The van der Waals surface area contributed by atoms with Crippen LogP contribution in [-0.4, -0.2) is 33.9 Å². The van der Waals surface area contributed by atoms with E-state index in [-0.39, 0.29) is 6.10 Å². The lowest BCUT2D eigenvalue weighted by atomic mass is 9.95. The van der Waals surface area contributed by atoms with Gasteiger partial charge in [0.15, 0.2) is 0 Å². The molecule has 0 N–H and O–H groups in total. The molecule has 27 heavy (non-hydrogen) atoms. The van der Waals surface area contributed by atoms with E-state index in [2.05, 4.69) is 54.7 Å². The lowest BCUT2D eigenvalue weighted by Crippen LogP contribution is -2.34. The van der Waals surface area contributed by atoms with Gasteiger partial charge in [-0.1, -0.05) is 18.6 Å². The van der Waals surface area contributed by atoms with E-state index in [4.69, 9.17) is 14.6 Å². The van der Waals surface area contributed by atoms with Crippen LogP contribution in [0.1, 0.15) is 61.7 Å². The van der Waals surface area contributed by atoms with Crippen LogP contribution in [0.5, 0.6) is 5.75 Å². The fourth-order valence-electron chi connectivity index (χ4n) is 4.38. The van der Waals surface area contributed by atoms with E-state index in [0.29, 0.717) is 12.6 Å². The second-order valence-electron chi connectivity index (χ2n) is 8.03. The Balaban J connectivity index is 1.53. The second kappa shape index (κ2) is 8.03. The van der Waals surface area contributed by atoms with E-state index in [1.807, 2.05) is 0 Å². The molecule has 1 saturated heterocycles. The summed E-state index contributed by atoms with van der Waals surface area (Å²) in [5.74, 6) is 0.944. The molecule has 2 aliphatic heterocycles. The topological polar surface area (TPSA) is 39.5 Å². The zero-order valence-corrected chi connectivity index (χ0v) is 16.8. The highest BCUT2D eigenvalue weighted by molar-refractivity contribution is 5.31. The monoisotopic (exact) mass is 369 g/mol. The summed E-state index contributed by atoms with van der Waals surface area (Å²) in [4.78, 5) is 2.60. The van der Waals surface area contributed by atoms with Gasteiger partial charge in [0.25, 0.3) is 0 Å². The van der Waals surface area contributed by atoms with Gasteiger partial charge in [0.1, 0.15) is 5.75 Å². The number of fused-ring (bicyclic) bond motifs is 1. The third kappa shape index (κ3) is 4.04. The highest BCUT2D eigenvalue weighted by atomic mass is 16.5. The molecule has 2 aromatic rings. The van der Waals surface area contributed by atoms with Crippen molar-refractivity contribution in [3.8, 4) is 5.75 Å². The molecule has 1 aromatic carbocycles. The van der Waals surface area contributed by atoms with E-state index >= 15 is 0 Å². The molecule has 0 saturated carbocycles. The molecule has 1 unspecified atom stereocenters. The Labute approximate surface area is 162 Å². The largest absolute Gasteiger partial charge is 0.491 e. The molecule has 0 radical (unpaired) electrons. The first kappa shape index (κ1) is 18.5.